The van der Waals surface area contributed by atoms with Crippen LogP contribution in [-0.2, 0) is 6.61 Å². The van der Waals surface area contributed by atoms with E-state index in [-0.39, 0.29) is 5.41 Å². The van der Waals surface area contributed by atoms with Gasteiger partial charge in [0.15, 0.2) is 5.82 Å². The van der Waals surface area contributed by atoms with E-state index in [1.807, 2.05) is 30.3 Å². The van der Waals surface area contributed by atoms with Gasteiger partial charge < -0.3 is 21.1 Å². The lowest BCUT2D eigenvalue weighted by Crippen LogP contribution is -2.20. The molecule has 0 spiro atoms. The minimum absolute atomic E-state index is 0.0524. The number of hydrogen-bond acceptors (Lipinski definition) is 7. The summed E-state index contributed by atoms with van der Waals surface area (Å²) in [5, 5.41) is 1.14. The van der Waals surface area contributed by atoms with Crippen LogP contribution in [0.5, 0.6) is 5.75 Å². The molecule has 0 radical (unpaired) electrons. The van der Waals surface area contributed by atoms with E-state index in [4.69, 9.17) is 32.8 Å². The molecule has 0 aliphatic carbocycles. The molecule has 1 aliphatic rings. The van der Waals surface area contributed by atoms with Crippen molar-refractivity contribution in [2.24, 2.45) is 5.41 Å². The molecule has 1 unspecified atom stereocenters. The Hall–Kier alpha value is -3.86. The normalized spacial score (nSPS) is 17.6. The lowest BCUT2D eigenvalue weighted by Gasteiger charge is -2.15. The van der Waals surface area contributed by atoms with Gasteiger partial charge in [-0.3, -0.25) is 4.98 Å². The molecule has 182 valence electrons. The minimum atomic E-state index is -0.0524. The van der Waals surface area contributed by atoms with Crippen molar-refractivity contribution in [2.75, 3.05) is 31.6 Å². The van der Waals surface area contributed by atoms with Gasteiger partial charge in [-0.1, -0.05) is 29.5 Å². The zero-order chi connectivity index (χ0) is 25.3. The van der Waals surface area contributed by atoms with Crippen LogP contribution in [0, 0.1) is 17.3 Å². The molecule has 0 amide bonds. The molecule has 2 aromatic heterocycles. The summed E-state index contributed by atoms with van der Waals surface area (Å²) in [6.07, 6.45) is 2.76. The Balaban J connectivity index is 1.44. The first kappa shape index (κ1) is 23.9. The van der Waals surface area contributed by atoms with Crippen molar-refractivity contribution in [1.82, 2.24) is 19.9 Å². The molecule has 1 fully saturated rings. The summed E-state index contributed by atoms with van der Waals surface area (Å²) in [7, 11) is 2.12. The third-order valence-corrected chi connectivity index (χ3v) is 6.65. The second kappa shape index (κ2) is 9.65. The number of fused-ring (bicyclic) bond motifs is 1. The van der Waals surface area contributed by atoms with Crippen molar-refractivity contribution in [3.05, 3.63) is 71.0 Å². The standard InChI is InChI=1S/C28H27ClN6O/c1-28(10-12-35(2)17-28)9-8-18-14-24-21(15-23(18)30)26(31)34-27(33-24)19-6-7-25(22(29)13-19)36-16-20-5-3-4-11-32-20/h3-7,11,13-15H,10,12,16-17,30H2,1-2H3,(H2,31,33,34). The number of rotatable bonds is 4. The van der Waals surface area contributed by atoms with Crippen LogP contribution in [-0.4, -0.2) is 40.0 Å². The predicted molar refractivity (Wildman–Crippen MR) is 144 cm³/mol. The van der Waals surface area contributed by atoms with E-state index >= 15 is 0 Å². The second-order valence-electron chi connectivity index (χ2n) is 9.44. The number of benzene rings is 2. The summed E-state index contributed by atoms with van der Waals surface area (Å²) in [6, 6.07) is 14.8. The van der Waals surface area contributed by atoms with Crippen molar-refractivity contribution in [1.29, 1.82) is 0 Å². The van der Waals surface area contributed by atoms with E-state index in [9.17, 15) is 0 Å². The van der Waals surface area contributed by atoms with Gasteiger partial charge in [0.25, 0.3) is 0 Å². The average Bonchev–Trinajstić information content (AvgIpc) is 3.21. The summed E-state index contributed by atoms with van der Waals surface area (Å²) in [5.41, 5.74) is 16.1. The fourth-order valence-electron chi connectivity index (χ4n) is 4.36. The highest BCUT2D eigenvalue weighted by Gasteiger charge is 2.30. The van der Waals surface area contributed by atoms with Crippen molar-refractivity contribution in [2.45, 2.75) is 20.0 Å². The van der Waals surface area contributed by atoms with E-state index < -0.39 is 0 Å². The molecule has 8 heteroatoms. The Labute approximate surface area is 215 Å². The zero-order valence-corrected chi connectivity index (χ0v) is 21.0. The molecule has 3 heterocycles. The first-order valence-corrected chi connectivity index (χ1v) is 12.1. The summed E-state index contributed by atoms with van der Waals surface area (Å²) in [5.74, 6) is 8.07. The van der Waals surface area contributed by atoms with Crippen molar-refractivity contribution in [3.8, 4) is 29.0 Å². The number of hydrogen-bond donors (Lipinski definition) is 2. The summed E-state index contributed by atoms with van der Waals surface area (Å²) in [6.45, 7) is 4.49. The largest absolute Gasteiger partial charge is 0.486 e. The van der Waals surface area contributed by atoms with E-state index in [1.165, 1.54) is 0 Å². The molecule has 7 nitrogen and oxygen atoms in total. The zero-order valence-electron chi connectivity index (χ0n) is 20.3. The molecule has 1 atom stereocenters. The maximum atomic E-state index is 6.51. The molecular weight excluding hydrogens is 472 g/mol. The van der Waals surface area contributed by atoms with Gasteiger partial charge in [0.05, 0.1) is 16.2 Å². The summed E-state index contributed by atoms with van der Waals surface area (Å²) in [4.78, 5) is 15.8. The Morgan fingerprint density at radius 2 is 2.00 bits per heavy atom. The van der Waals surface area contributed by atoms with Crippen LogP contribution < -0.4 is 16.2 Å². The van der Waals surface area contributed by atoms with Gasteiger partial charge in [0.2, 0.25) is 0 Å². The highest BCUT2D eigenvalue weighted by molar-refractivity contribution is 6.32. The van der Waals surface area contributed by atoms with Crippen LogP contribution in [0.2, 0.25) is 5.02 Å². The molecule has 4 N–H and O–H groups in total. The maximum Gasteiger partial charge on any atom is 0.162 e. The Bertz CT molecular complexity index is 1500. The molecule has 0 bridgehead atoms. The van der Waals surface area contributed by atoms with E-state index in [1.54, 1.807) is 24.4 Å². The Morgan fingerprint density at radius 1 is 1.14 bits per heavy atom. The van der Waals surface area contributed by atoms with Gasteiger partial charge >= 0.3 is 0 Å². The smallest absolute Gasteiger partial charge is 0.162 e. The molecular formula is C28H27ClN6O. The molecule has 1 saturated heterocycles. The van der Waals surface area contributed by atoms with Gasteiger partial charge in [-0.15, -0.1) is 0 Å². The van der Waals surface area contributed by atoms with E-state index in [2.05, 4.69) is 40.7 Å². The number of likely N-dealkylation sites (tertiary alicyclic amines) is 1. The number of ether oxygens (including phenoxy) is 1. The molecule has 4 aromatic rings. The molecule has 2 aromatic carbocycles. The van der Waals surface area contributed by atoms with Crippen LogP contribution in [0.15, 0.2) is 54.7 Å². The minimum Gasteiger partial charge on any atom is -0.486 e. The monoisotopic (exact) mass is 498 g/mol. The van der Waals surface area contributed by atoms with Crippen molar-refractivity contribution >= 4 is 34.0 Å². The number of halogens is 1. The fraction of sp³-hybridized carbons (Fsp3) is 0.250. The van der Waals surface area contributed by atoms with Gasteiger partial charge in [-0.25, -0.2) is 9.97 Å². The van der Waals surface area contributed by atoms with Crippen LogP contribution in [0.4, 0.5) is 11.5 Å². The van der Waals surface area contributed by atoms with Crippen molar-refractivity contribution in [3.63, 3.8) is 0 Å². The third kappa shape index (κ3) is 5.06. The van der Waals surface area contributed by atoms with Gasteiger partial charge in [0, 0.05) is 40.4 Å². The lowest BCUT2D eigenvalue weighted by atomic mass is 9.90. The van der Waals surface area contributed by atoms with Crippen LogP contribution in [0.1, 0.15) is 24.6 Å². The number of pyridine rings is 1. The van der Waals surface area contributed by atoms with Crippen LogP contribution >= 0.6 is 11.6 Å². The summed E-state index contributed by atoms with van der Waals surface area (Å²) >= 11 is 6.51. The van der Waals surface area contributed by atoms with Gasteiger partial charge in [0.1, 0.15) is 18.2 Å². The van der Waals surface area contributed by atoms with Crippen molar-refractivity contribution < 1.29 is 4.74 Å². The SMILES string of the molecule is CN1CCC(C)(C#Cc2cc3nc(-c4ccc(OCc5ccccn5)c(Cl)c4)nc(N)c3cc2N)C1. The Morgan fingerprint density at radius 3 is 2.72 bits per heavy atom. The number of anilines is 2. The highest BCUT2D eigenvalue weighted by Crippen LogP contribution is 2.33. The third-order valence-electron chi connectivity index (χ3n) is 6.35. The molecule has 36 heavy (non-hydrogen) atoms. The average molecular weight is 499 g/mol. The van der Waals surface area contributed by atoms with Gasteiger partial charge in [-0.05, 0) is 69.4 Å². The quantitative estimate of drug-likeness (QED) is 0.308. The second-order valence-corrected chi connectivity index (χ2v) is 9.85. The van der Waals surface area contributed by atoms with E-state index in [0.717, 1.165) is 36.3 Å². The number of aromatic nitrogens is 3. The first-order chi connectivity index (χ1) is 17.3. The number of nitrogens with zero attached hydrogens (tertiary/aromatic N) is 4. The molecule has 5 rings (SSSR count). The number of nitrogen functional groups attached to an aromatic ring is 2. The first-order valence-electron chi connectivity index (χ1n) is 11.7. The predicted octanol–water partition coefficient (Wildman–Crippen LogP) is 4.78. The topological polar surface area (TPSA) is 103 Å². The number of nitrogens with two attached hydrogens (primary N) is 2. The maximum absolute atomic E-state index is 6.51. The Kier molecular flexibility index (Phi) is 6.40. The summed E-state index contributed by atoms with van der Waals surface area (Å²) < 4.78 is 5.83. The highest BCUT2D eigenvalue weighted by atomic mass is 35.5. The van der Waals surface area contributed by atoms with Gasteiger partial charge in [-0.2, -0.15) is 0 Å². The van der Waals surface area contributed by atoms with Crippen LogP contribution in [0.25, 0.3) is 22.3 Å². The van der Waals surface area contributed by atoms with Crippen LogP contribution in [0.3, 0.4) is 0 Å². The lowest BCUT2D eigenvalue weighted by molar-refractivity contribution is 0.301. The molecule has 0 saturated carbocycles. The fourth-order valence-corrected chi connectivity index (χ4v) is 4.59. The molecule has 1 aliphatic heterocycles. The van der Waals surface area contributed by atoms with E-state index in [0.29, 0.717) is 45.6 Å².